The molecule has 0 bridgehead atoms. The highest BCUT2D eigenvalue weighted by Gasteiger charge is 2.25. The van der Waals surface area contributed by atoms with Crippen LogP contribution in [-0.4, -0.2) is 6.69 Å². The summed E-state index contributed by atoms with van der Waals surface area (Å²) in [6, 6.07) is 4.17. The zero-order valence-electron chi connectivity index (χ0n) is 8.86. The molecule has 4 heteroatoms. The zero-order valence-corrected chi connectivity index (χ0v) is 11.4. The standard InChI is InChI=1S/C10H19Cl2NSi/c1-2-9-14(11,12)10-7-5-3-4-6-8-13/h2-7,9-10H2,1H3. The summed E-state index contributed by atoms with van der Waals surface area (Å²) in [7, 11) is 0. The van der Waals surface area contributed by atoms with E-state index in [1.165, 1.54) is 6.42 Å². The van der Waals surface area contributed by atoms with E-state index in [0.717, 1.165) is 37.8 Å². The Bertz CT molecular complexity index is 177. The lowest BCUT2D eigenvalue weighted by Gasteiger charge is -2.14. The molecule has 0 atom stereocenters. The van der Waals surface area contributed by atoms with Gasteiger partial charge < -0.3 is 0 Å². The number of hydrogen-bond acceptors (Lipinski definition) is 1. The molecule has 0 aliphatic carbocycles. The summed E-state index contributed by atoms with van der Waals surface area (Å²) in [5.41, 5.74) is 0. The minimum atomic E-state index is -1.89. The van der Waals surface area contributed by atoms with Gasteiger partial charge >= 0.3 is 0 Å². The molecule has 0 fully saturated rings. The molecular formula is C10H19Cl2NSi. The minimum absolute atomic E-state index is 0.680. The van der Waals surface area contributed by atoms with Crippen LogP contribution in [-0.2, 0) is 0 Å². The van der Waals surface area contributed by atoms with Gasteiger partial charge in [0.25, 0.3) is 6.69 Å². The van der Waals surface area contributed by atoms with Gasteiger partial charge in [0.1, 0.15) is 0 Å². The van der Waals surface area contributed by atoms with Gasteiger partial charge in [-0.1, -0.05) is 32.6 Å². The van der Waals surface area contributed by atoms with Gasteiger partial charge in [-0.15, -0.1) is 22.2 Å². The lowest BCUT2D eigenvalue weighted by molar-refractivity contribution is 0.674. The second-order valence-electron chi connectivity index (χ2n) is 3.68. The molecule has 0 N–H and O–H groups in total. The number of hydrogen-bond donors (Lipinski definition) is 0. The average Bonchev–Trinajstić information content (AvgIpc) is 2.11. The van der Waals surface area contributed by atoms with Crippen molar-refractivity contribution in [2.75, 3.05) is 0 Å². The van der Waals surface area contributed by atoms with Crippen molar-refractivity contribution in [1.82, 2.24) is 0 Å². The molecule has 0 heterocycles. The third-order valence-electron chi connectivity index (χ3n) is 2.20. The molecule has 82 valence electrons. The molecule has 0 aromatic carbocycles. The van der Waals surface area contributed by atoms with Crippen LogP contribution in [0.3, 0.4) is 0 Å². The fraction of sp³-hybridized carbons (Fsp3) is 0.900. The average molecular weight is 252 g/mol. The van der Waals surface area contributed by atoms with Crippen LogP contribution in [0.15, 0.2) is 0 Å². The van der Waals surface area contributed by atoms with Crippen LogP contribution in [0.25, 0.3) is 0 Å². The maximum absolute atomic E-state index is 8.34. The van der Waals surface area contributed by atoms with Gasteiger partial charge in [-0.2, -0.15) is 5.26 Å². The van der Waals surface area contributed by atoms with E-state index in [0.29, 0.717) is 6.42 Å². The van der Waals surface area contributed by atoms with E-state index in [9.17, 15) is 0 Å². The number of rotatable bonds is 8. The molecule has 0 saturated carbocycles. The highest BCUT2D eigenvalue weighted by atomic mass is 35.7. The minimum Gasteiger partial charge on any atom is -0.198 e. The molecule has 0 aromatic rings. The molecule has 0 amide bonds. The van der Waals surface area contributed by atoms with E-state index < -0.39 is 6.69 Å². The summed E-state index contributed by atoms with van der Waals surface area (Å²) in [4.78, 5) is 0. The molecule has 14 heavy (non-hydrogen) atoms. The van der Waals surface area contributed by atoms with Gasteiger partial charge in [0.15, 0.2) is 0 Å². The van der Waals surface area contributed by atoms with Crippen LogP contribution in [0.5, 0.6) is 0 Å². The SMILES string of the molecule is CCC[Si](Cl)(Cl)CCCCCCC#N. The number of nitrogens with zero attached hydrogens (tertiary/aromatic N) is 1. The van der Waals surface area contributed by atoms with Crippen molar-refractivity contribution >= 4 is 28.9 Å². The molecular weight excluding hydrogens is 233 g/mol. The van der Waals surface area contributed by atoms with Crippen molar-refractivity contribution in [2.24, 2.45) is 0 Å². The van der Waals surface area contributed by atoms with Gasteiger partial charge in [0, 0.05) is 6.42 Å². The maximum atomic E-state index is 8.34. The van der Waals surface area contributed by atoms with Crippen molar-refractivity contribution in [3.8, 4) is 6.07 Å². The number of nitriles is 1. The van der Waals surface area contributed by atoms with Gasteiger partial charge in [0.2, 0.25) is 0 Å². The third-order valence-corrected chi connectivity index (χ3v) is 6.78. The maximum Gasteiger partial charge on any atom is 0.251 e. The van der Waals surface area contributed by atoms with Gasteiger partial charge in [0.05, 0.1) is 6.07 Å². The Labute approximate surface area is 97.8 Å². The normalized spacial score (nSPS) is 11.3. The molecule has 0 radical (unpaired) electrons. The molecule has 0 aliphatic heterocycles. The van der Waals surface area contributed by atoms with Crippen LogP contribution < -0.4 is 0 Å². The van der Waals surface area contributed by atoms with Crippen LogP contribution >= 0.6 is 22.2 Å². The Morgan fingerprint density at radius 3 is 2.29 bits per heavy atom. The predicted molar refractivity (Wildman–Crippen MR) is 66.1 cm³/mol. The lowest BCUT2D eigenvalue weighted by Crippen LogP contribution is -2.17. The molecule has 0 saturated heterocycles. The molecule has 0 rings (SSSR count). The Balaban J connectivity index is 3.31. The molecule has 0 spiro atoms. The zero-order chi connectivity index (χ0) is 10.9. The summed E-state index contributed by atoms with van der Waals surface area (Å²) in [5, 5.41) is 8.34. The van der Waals surface area contributed by atoms with Crippen molar-refractivity contribution in [3.05, 3.63) is 0 Å². The summed E-state index contributed by atoms with van der Waals surface area (Å²) in [6.07, 6.45) is 6.22. The Kier molecular flexibility index (Phi) is 8.76. The predicted octanol–water partition coefficient (Wildman–Crippen LogP) is 4.79. The first kappa shape index (κ1) is 14.3. The molecule has 0 aliphatic rings. The summed E-state index contributed by atoms with van der Waals surface area (Å²) in [5.74, 6) is 0. The van der Waals surface area contributed by atoms with E-state index in [-0.39, 0.29) is 0 Å². The second-order valence-corrected chi connectivity index (χ2v) is 11.3. The van der Waals surface area contributed by atoms with Crippen LogP contribution in [0.1, 0.15) is 45.4 Å². The Morgan fingerprint density at radius 1 is 1.07 bits per heavy atom. The summed E-state index contributed by atoms with van der Waals surface area (Å²) >= 11 is 12.5. The first-order valence-corrected chi connectivity index (χ1v) is 9.81. The molecule has 0 aromatic heterocycles. The highest BCUT2D eigenvalue weighted by Crippen LogP contribution is 2.29. The second kappa shape index (κ2) is 8.58. The quantitative estimate of drug-likeness (QED) is 0.346. The monoisotopic (exact) mass is 251 g/mol. The number of unbranched alkanes of at least 4 members (excludes halogenated alkanes) is 4. The first-order chi connectivity index (χ1) is 6.62. The van der Waals surface area contributed by atoms with Crippen LogP contribution in [0, 0.1) is 11.3 Å². The van der Waals surface area contributed by atoms with E-state index in [1.54, 1.807) is 0 Å². The Morgan fingerprint density at radius 2 is 1.71 bits per heavy atom. The van der Waals surface area contributed by atoms with E-state index in [4.69, 9.17) is 27.4 Å². The summed E-state index contributed by atoms with van der Waals surface area (Å²) in [6.45, 7) is 0.232. The third kappa shape index (κ3) is 8.87. The van der Waals surface area contributed by atoms with Crippen LogP contribution in [0.2, 0.25) is 12.1 Å². The van der Waals surface area contributed by atoms with E-state index >= 15 is 0 Å². The smallest absolute Gasteiger partial charge is 0.198 e. The van der Waals surface area contributed by atoms with Crippen molar-refractivity contribution in [1.29, 1.82) is 5.26 Å². The number of halogens is 2. The fourth-order valence-electron chi connectivity index (χ4n) is 1.43. The van der Waals surface area contributed by atoms with Crippen LogP contribution in [0.4, 0.5) is 0 Å². The van der Waals surface area contributed by atoms with Gasteiger partial charge in [-0.3, -0.25) is 0 Å². The molecule has 1 nitrogen and oxygen atoms in total. The first-order valence-electron chi connectivity index (χ1n) is 5.37. The largest absolute Gasteiger partial charge is 0.251 e. The Hall–Kier alpha value is 0.287. The fourth-order valence-corrected chi connectivity index (χ4v) is 5.12. The molecule has 0 unspecified atom stereocenters. The topological polar surface area (TPSA) is 23.8 Å². The van der Waals surface area contributed by atoms with Gasteiger partial charge in [-0.05, 0) is 18.5 Å². The van der Waals surface area contributed by atoms with Crippen molar-refractivity contribution in [2.45, 2.75) is 57.5 Å². The highest BCUT2D eigenvalue weighted by molar-refractivity contribution is 7.45. The lowest BCUT2D eigenvalue weighted by atomic mass is 10.2. The van der Waals surface area contributed by atoms with Crippen molar-refractivity contribution in [3.63, 3.8) is 0 Å². The summed E-state index contributed by atoms with van der Waals surface area (Å²) < 4.78 is 0. The van der Waals surface area contributed by atoms with E-state index in [1.807, 2.05) is 0 Å². The van der Waals surface area contributed by atoms with Gasteiger partial charge in [-0.25, -0.2) is 0 Å². The van der Waals surface area contributed by atoms with Crippen molar-refractivity contribution < 1.29 is 0 Å². The van der Waals surface area contributed by atoms with E-state index in [2.05, 4.69) is 13.0 Å².